The highest BCUT2D eigenvalue weighted by molar-refractivity contribution is 5.81. The molecule has 2 N–H and O–H groups in total. The molecule has 0 saturated carbocycles. The molecule has 1 atom stereocenters. The quantitative estimate of drug-likeness (QED) is 0.821. The Labute approximate surface area is 119 Å². The Morgan fingerprint density at radius 3 is 2.45 bits per heavy atom. The molecule has 0 radical (unpaired) electrons. The Morgan fingerprint density at radius 1 is 1.15 bits per heavy atom. The first kappa shape index (κ1) is 13.2. The maximum Gasteiger partial charge on any atom is 0.251 e. The van der Waals surface area contributed by atoms with Crippen LogP contribution in [-0.2, 0) is 9.53 Å². The molecule has 2 fully saturated rings. The van der Waals surface area contributed by atoms with E-state index in [1.807, 2.05) is 29.2 Å². The zero-order valence-electron chi connectivity index (χ0n) is 11.6. The molecule has 3 rings (SSSR count). The number of piperazine rings is 1. The molecule has 2 aliphatic rings. The minimum absolute atomic E-state index is 0.166. The van der Waals surface area contributed by atoms with Gasteiger partial charge in [-0.25, -0.2) is 0 Å². The second kappa shape index (κ2) is 5.71. The summed E-state index contributed by atoms with van der Waals surface area (Å²) < 4.78 is 5.47. The van der Waals surface area contributed by atoms with Gasteiger partial charge in [0.2, 0.25) is 0 Å². The summed E-state index contributed by atoms with van der Waals surface area (Å²) in [5, 5.41) is 0. The van der Waals surface area contributed by atoms with Crippen LogP contribution in [0.25, 0.3) is 0 Å². The lowest BCUT2D eigenvalue weighted by molar-refractivity contribution is -0.141. The van der Waals surface area contributed by atoms with Gasteiger partial charge in [0.25, 0.3) is 5.91 Å². The highest BCUT2D eigenvalue weighted by Gasteiger charge is 2.30. The molecule has 1 aromatic rings. The lowest BCUT2D eigenvalue weighted by Gasteiger charge is -2.37. The molecule has 1 unspecified atom stereocenters. The molecule has 108 valence electrons. The third kappa shape index (κ3) is 2.72. The Balaban J connectivity index is 1.56. The van der Waals surface area contributed by atoms with Crippen molar-refractivity contribution in [2.24, 2.45) is 0 Å². The monoisotopic (exact) mass is 275 g/mol. The average molecular weight is 275 g/mol. The number of hydrogen-bond acceptors (Lipinski definition) is 4. The fourth-order valence-corrected chi connectivity index (χ4v) is 2.85. The molecule has 2 saturated heterocycles. The minimum Gasteiger partial charge on any atom is -0.399 e. The van der Waals surface area contributed by atoms with Gasteiger partial charge in [0, 0.05) is 44.2 Å². The van der Waals surface area contributed by atoms with Crippen molar-refractivity contribution in [3.05, 3.63) is 24.3 Å². The SMILES string of the molecule is Nc1ccc(N2CCN(C(=O)C3CCCO3)CC2)cc1. The number of carbonyl (C=O) groups is 1. The van der Waals surface area contributed by atoms with Crippen LogP contribution in [0.5, 0.6) is 0 Å². The Kier molecular flexibility index (Phi) is 3.78. The second-order valence-corrected chi connectivity index (χ2v) is 5.41. The smallest absolute Gasteiger partial charge is 0.251 e. The predicted molar refractivity (Wildman–Crippen MR) is 78.6 cm³/mol. The summed E-state index contributed by atoms with van der Waals surface area (Å²) in [6.07, 6.45) is 1.68. The van der Waals surface area contributed by atoms with E-state index in [9.17, 15) is 4.79 Å². The van der Waals surface area contributed by atoms with Gasteiger partial charge in [-0.2, -0.15) is 0 Å². The van der Waals surface area contributed by atoms with Crippen LogP contribution in [0.4, 0.5) is 11.4 Å². The Morgan fingerprint density at radius 2 is 1.85 bits per heavy atom. The topological polar surface area (TPSA) is 58.8 Å². The molecular formula is C15H21N3O2. The lowest BCUT2D eigenvalue weighted by Crippen LogP contribution is -2.51. The van der Waals surface area contributed by atoms with Gasteiger partial charge in [0.1, 0.15) is 6.10 Å². The summed E-state index contributed by atoms with van der Waals surface area (Å²) in [5.41, 5.74) is 7.65. The first-order chi connectivity index (χ1) is 9.74. The van der Waals surface area contributed by atoms with Crippen molar-refractivity contribution >= 4 is 17.3 Å². The van der Waals surface area contributed by atoms with E-state index < -0.39 is 0 Å². The summed E-state index contributed by atoms with van der Waals surface area (Å²) in [6, 6.07) is 7.90. The number of anilines is 2. The first-order valence-corrected chi connectivity index (χ1v) is 7.25. The van der Waals surface area contributed by atoms with E-state index in [-0.39, 0.29) is 12.0 Å². The van der Waals surface area contributed by atoms with Crippen molar-refractivity contribution in [3.63, 3.8) is 0 Å². The molecule has 0 aromatic heterocycles. The third-order valence-corrected chi connectivity index (χ3v) is 4.05. The number of carbonyl (C=O) groups excluding carboxylic acids is 1. The van der Waals surface area contributed by atoms with Gasteiger partial charge in [0.15, 0.2) is 0 Å². The van der Waals surface area contributed by atoms with Crippen LogP contribution >= 0.6 is 0 Å². The number of rotatable bonds is 2. The van der Waals surface area contributed by atoms with Crippen molar-refractivity contribution < 1.29 is 9.53 Å². The van der Waals surface area contributed by atoms with Gasteiger partial charge >= 0.3 is 0 Å². The Hall–Kier alpha value is -1.75. The van der Waals surface area contributed by atoms with Crippen LogP contribution in [0.1, 0.15) is 12.8 Å². The standard InChI is InChI=1S/C15H21N3O2/c16-12-3-5-13(6-4-12)17-7-9-18(10-8-17)15(19)14-2-1-11-20-14/h3-6,14H,1-2,7-11,16H2. The summed E-state index contributed by atoms with van der Waals surface area (Å²) >= 11 is 0. The van der Waals surface area contributed by atoms with Gasteiger partial charge in [-0.05, 0) is 37.1 Å². The number of amides is 1. The second-order valence-electron chi connectivity index (χ2n) is 5.41. The molecule has 2 heterocycles. The van der Waals surface area contributed by atoms with Gasteiger partial charge in [-0.15, -0.1) is 0 Å². The van der Waals surface area contributed by atoms with Gasteiger partial charge < -0.3 is 20.3 Å². The van der Waals surface area contributed by atoms with Crippen molar-refractivity contribution in [2.45, 2.75) is 18.9 Å². The maximum atomic E-state index is 12.3. The van der Waals surface area contributed by atoms with Crippen LogP contribution in [0.15, 0.2) is 24.3 Å². The normalized spacial score (nSPS) is 23.1. The summed E-state index contributed by atoms with van der Waals surface area (Å²) in [6.45, 7) is 3.98. The fraction of sp³-hybridized carbons (Fsp3) is 0.533. The number of ether oxygens (including phenoxy) is 1. The van der Waals surface area contributed by atoms with Crippen LogP contribution in [0, 0.1) is 0 Å². The van der Waals surface area contributed by atoms with Crippen molar-refractivity contribution in [1.29, 1.82) is 0 Å². The van der Waals surface area contributed by atoms with Gasteiger partial charge in [-0.1, -0.05) is 0 Å². The van der Waals surface area contributed by atoms with Crippen molar-refractivity contribution in [2.75, 3.05) is 43.4 Å². The zero-order valence-corrected chi connectivity index (χ0v) is 11.6. The van der Waals surface area contributed by atoms with Gasteiger partial charge in [-0.3, -0.25) is 4.79 Å². The maximum absolute atomic E-state index is 12.3. The molecule has 1 aromatic carbocycles. The van der Waals surface area contributed by atoms with E-state index in [4.69, 9.17) is 10.5 Å². The summed E-state index contributed by atoms with van der Waals surface area (Å²) in [5.74, 6) is 0.166. The van der Waals surface area contributed by atoms with E-state index in [0.717, 1.165) is 51.3 Å². The van der Waals surface area contributed by atoms with Gasteiger partial charge in [0.05, 0.1) is 0 Å². The van der Waals surface area contributed by atoms with Crippen LogP contribution < -0.4 is 10.6 Å². The zero-order chi connectivity index (χ0) is 13.9. The third-order valence-electron chi connectivity index (χ3n) is 4.05. The van der Waals surface area contributed by atoms with Crippen LogP contribution in [0.3, 0.4) is 0 Å². The molecule has 0 spiro atoms. The minimum atomic E-state index is -0.196. The average Bonchev–Trinajstić information content (AvgIpc) is 3.02. The lowest BCUT2D eigenvalue weighted by atomic mass is 10.2. The molecule has 0 bridgehead atoms. The summed E-state index contributed by atoms with van der Waals surface area (Å²) in [7, 11) is 0. The van der Waals surface area contributed by atoms with Crippen molar-refractivity contribution in [1.82, 2.24) is 4.90 Å². The van der Waals surface area contributed by atoms with E-state index in [0.29, 0.717) is 0 Å². The molecule has 20 heavy (non-hydrogen) atoms. The van der Waals surface area contributed by atoms with Crippen LogP contribution in [-0.4, -0.2) is 49.7 Å². The van der Waals surface area contributed by atoms with Crippen molar-refractivity contribution in [3.8, 4) is 0 Å². The molecule has 0 aliphatic carbocycles. The number of hydrogen-bond donors (Lipinski definition) is 1. The number of nitrogen functional groups attached to an aromatic ring is 1. The predicted octanol–water partition coefficient (Wildman–Crippen LogP) is 1.10. The molecule has 5 heteroatoms. The molecular weight excluding hydrogens is 254 g/mol. The van der Waals surface area contributed by atoms with E-state index in [2.05, 4.69) is 4.90 Å². The number of nitrogens with two attached hydrogens (primary N) is 1. The highest BCUT2D eigenvalue weighted by Crippen LogP contribution is 2.20. The number of nitrogens with zero attached hydrogens (tertiary/aromatic N) is 2. The largest absolute Gasteiger partial charge is 0.399 e. The van der Waals surface area contributed by atoms with Crippen LogP contribution in [0.2, 0.25) is 0 Å². The first-order valence-electron chi connectivity index (χ1n) is 7.25. The fourth-order valence-electron chi connectivity index (χ4n) is 2.85. The Bertz CT molecular complexity index is 461. The molecule has 2 aliphatic heterocycles. The van der Waals surface area contributed by atoms with E-state index in [1.165, 1.54) is 5.69 Å². The molecule has 5 nitrogen and oxygen atoms in total. The van der Waals surface area contributed by atoms with E-state index >= 15 is 0 Å². The molecule has 1 amide bonds. The highest BCUT2D eigenvalue weighted by atomic mass is 16.5. The number of benzene rings is 1. The summed E-state index contributed by atoms with van der Waals surface area (Å²) in [4.78, 5) is 16.5. The van der Waals surface area contributed by atoms with E-state index in [1.54, 1.807) is 0 Å².